The summed E-state index contributed by atoms with van der Waals surface area (Å²) in [5.41, 5.74) is 7.10. The summed E-state index contributed by atoms with van der Waals surface area (Å²) in [4.78, 5) is 0. The average Bonchev–Trinajstić information content (AvgIpc) is 3.09. The van der Waals surface area contributed by atoms with Crippen molar-refractivity contribution >= 4 is 0 Å². The quantitative estimate of drug-likeness (QED) is 0.648. The van der Waals surface area contributed by atoms with Crippen LogP contribution in [-0.2, 0) is 13.0 Å². The lowest BCUT2D eigenvalue weighted by molar-refractivity contribution is 0.413. The number of rotatable bonds is 5. The van der Waals surface area contributed by atoms with E-state index in [2.05, 4.69) is 52.5 Å². The molecule has 20 heavy (non-hydrogen) atoms. The largest absolute Gasteiger partial charge is 0.271 e. The van der Waals surface area contributed by atoms with Crippen LogP contribution >= 0.6 is 0 Å². The third kappa shape index (κ3) is 2.25. The first-order chi connectivity index (χ1) is 9.85. The van der Waals surface area contributed by atoms with Crippen molar-refractivity contribution in [1.82, 2.24) is 15.2 Å². The van der Waals surface area contributed by atoms with E-state index in [1.807, 2.05) is 6.20 Å². The minimum absolute atomic E-state index is 0.132. The van der Waals surface area contributed by atoms with E-state index in [0.29, 0.717) is 5.92 Å². The van der Waals surface area contributed by atoms with Gasteiger partial charge in [0.15, 0.2) is 0 Å². The van der Waals surface area contributed by atoms with Crippen molar-refractivity contribution in [2.75, 3.05) is 0 Å². The summed E-state index contributed by atoms with van der Waals surface area (Å²) in [7, 11) is 0. The molecule has 2 unspecified atom stereocenters. The Hall–Kier alpha value is -1.65. The second-order valence-corrected chi connectivity index (χ2v) is 5.47. The van der Waals surface area contributed by atoms with Crippen molar-refractivity contribution in [1.29, 1.82) is 0 Å². The second-order valence-electron chi connectivity index (χ2n) is 5.47. The van der Waals surface area contributed by atoms with Gasteiger partial charge in [-0.2, -0.15) is 5.10 Å². The summed E-state index contributed by atoms with van der Waals surface area (Å²) in [6.45, 7) is 3.11. The van der Waals surface area contributed by atoms with Crippen LogP contribution in [0.15, 0.2) is 36.5 Å². The third-order valence-electron chi connectivity index (χ3n) is 4.26. The van der Waals surface area contributed by atoms with Crippen LogP contribution in [0, 0.1) is 0 Å². The number of aromatic nitrogens is 2. The number of nitrogens with zero attached hydrogens (tertiary/aromatic N) is 2. The molecule has 0 bridgehead atoms. The molecule has 1 aliphatic rings. The van der Waals surface area contributed by atoms with E-state index in [9.17, 15) is 0 Å². The van der Waals surface area contributed by atoms with Crippen LogP contribution in [0.5, 0.6) is 0 Å². The molecule has 0 spiro atoms. The number of hydrazine groups is 1. The van der Waals surface area contributed by atoms with Crippen LogP contribution in [0.1, 0.15) is 48.5 Å². The summed E-state index contributed by atoms with van der Waals surface area (Å²) in [5, 5.41) is 4.42. The number of nitrogens with two attached hydrogens (primary N) is 1. The number of hydrogen-bond acceptors (Lipinski definition) is 3. The Morgan fingerprint density at radius 3 is 3.05 bits per heavy atom. The van der Waals surface area contributed by atoms with Crippen molar-refractivity contribution in [2.45, 2.75) is 44.7 Å². The monoisotopic (exact) mass is 270 g/mol. The van der Waals surface area contributed by atoms with Crippen LogP contribution in [-0.4, -0.2) is 9.78 Å². The minimum atomic E-state index is 0.132. The highest BCUT2D eigenvalue weighted by atomic mass is 15.3. The fraction of sp³-hybridized carbons (Fsp3) is 0.438. The van der Waals surface area contributed by atoms with Crippen molar-refractivity contribution in [2.24, 2.45) is 5.84 Å². The molecule has 0 saturated carbocycles. The molecule has 2 atom stereocenters. The zero-order valence-corrected chi connectivity index (χ0v) is 11.9. The molecule has 0 saturated heterocycles. The second kappa shape index (κ2) is 5.77. The summed E-state index contributed by atoms with van der Waals surface area (Å²) in [6.07, 6.45) is 5.23. The van der Waals surface area contributed by atoms with E-state index < -0.39 is 0 Å². The molecule has 1 heterocycles. The Morgan fingerprint density at radius 2 is 2.25 bits per heavy atom. The fourth-order valence-electron chi connectivity index (χ4n) is 3.35. The molecule has 0 aliphatic heterocycles. The molecule has 4 heteroatoms. The van der Waals surface area contributed by atoms with Crippen LogP contribution < -0.4 is 11.3 Å². The van der Waals surface area contributed by atoms with E-state index in [1.54, 1.807) is 0 Å². The maximum Gasteiger partial charge on any atom is 0.0697 e. The van der Waals surface area contributed by atoms with Crippen LogP contribution in [0.25, 0.3) is 0 Å². The molecule has 1 aromatic heterocycles. The average molecular weight is 270 g/mol. The van der Waals surface area contributed by atoms with Gasteiger partial charge in [-0.05, 0) is 36.5 Å². The van der Waals surface area contributed by atoms with Crippen LogP contribution in [0.3, 0.4) is 0 Å². The van der Waals surface area contributed by atoms with Gasteiger partial charge in [-0.3, -0.25) is 16.0 Å². The van der Waals surface area contributed by atoms with Crippen molar-refractivity contribution in [3.8, 4) is 0 Å². The highest BCUT2D eigenvalue weighted by molar-refractivity contribution is 5.37. The summed E-state index contributed by atoms with van der Waals surface area (Å²) >= 11 is 0. The molecule has 3 rings (SSSR count). The molecule has 4 nitrogen and oxygen atoms in total. The van der Waals surface area contributed by atoms with Gasteiger partial charge in [0, 0.05) is 18.7 Å². The molecule has 106 valence electrons. The van der Waals surface area contributed by atoms with Gasteiger partial charge in [-0.1, -0.05) is 31.2 Å². The zero-order chi connectivity index (χ0) is 13.9. The van der Waals surface area contributed by atoms with Gasteiger partial charge in [0.25, 0.3) is 0 Å². The van der Waals surface area contributed by atoms with Gasteiger partial charge in [0.05, 0.1) is 11.7 Å². The van der Waals surface area contributed by atoms with E-state index in [4.69, 9.17) is 5.84 Å². The lowest BCUT2D eigenvalue weighted by Gasteiger charge is -2.24. The summed E-state index contributed by atoms with van der Waals surface area (Å²) in [6, 6.07) is 10.9. The number of hydrogen-bond donors (Lipinski definition) is 2. The Morgan fingerprint density at radius 1 is 1.40 bits per heavy atom. The van der Waals surface area contributed by atoms with Gasteiger partial charge in [-0.15, -0.1) is 0 Å². The van der Waals surface area contributed by atoms with E-state index in [0.717, 1.165) is 25.8 Å². The van der Waals surface area contributed by atoms with Gasteiger partial charge < -0.3 is 0 Å². The highest BCUT2D eigenvalue weighted by Gasteiger charge is 2.31. The Balaban J connectivity index is 1.93. The van der Waals surface area contributed by atoms with Gasteiger partial charge in [0.2, 0.25) is 0 Å². The molecule has 0 amide bonds. The van der Waals surface area contributed by atoms with Gasteiger partial charge in [-0.25, -0.2) is 0 Å². The van der Waals surface area contributed by atoms with Gasteiger partial charge >= 0.3 is 0 Å². The fourth-order valence-corrected chi connectivity index (χ4v) is 3.35. The summed E-state index contributed by atoms with van der Waals surface area (Å²) in [5.74, 6) is 6.31. The lowest BCUT2D eigenvalue weighted by atomic mass is 9.91. The number of fused-ring (bicyclic) bond motifs is 1. The smallest absolute Gasteiger partial charge is 0.0697 e. The van der Waals surface area contributed by atoms with Crippen molar-refractivity contribution < 1.29 is 0 Å². The molecular weight excluding hydrogens is 248 g/mol. The molecule has 1 aliphatic carbocycles. The number of benzene rings is 1. The Kier molecular flexibility index (Phi) is 3.85. The predicted octanol–water partition coefficient (Wildman–Crippen LogP) is 2.53. The minimum Gasteiger partial charge on any atom is -0.271 e. The van der Waals surface area contributed by atoms with E-state index in [-0.39, 0.29) is 6.04 Å². The summed E-state index contributed by atoms with van der Waals surface area (Å²) < 4.78 is 2.07. The Bertz CT molecular complexity index is 575. The topological polar surface area (TPSA) is 55.9 Å². The van der Waals surface area contributed by atoms with Crippen LogP contribution in [0.2, 0.25) is 0 Å². The molecule has 2 aromatic rings. The SMILES string of the molecule is CCCn1nccc1C(NN)C1CCc2ccccc21. The first-order valence-corrected chi connectivity index (χ1v) is 7.40. The molecule has 1 aromatic carbocycles. The number of nitrogens with one attached hydrogen (secondary N) is 1. The molecular formula is C16H22N4. The maximum atomic E-state index is 5.87. The van der Waals surface area contributed by atoms with Gasteiger partial charge in [0.1, 0.15) is 0 Å². The normalized spacial score (nSPS) is 19.0. The Labute approximate surface area is 120 Å². The maximum absolute atomic E-state index is 5.87. The molecule has 3 N–H and O–H groups in total. The lowest BCUT2D eigenvalue weighted by Crippen LogP contribution is -2.33. The van der Waals surface area contributed by atoms with Crippen LogP contribution in [0.4, 0.5) is 0 Å². The number of aryl methyl sites for hydroxylation is 2. The standard InChI is InChI=1S/C16H22N4/c1-2-11-20-15(9-10-18-20)16(19-17)14-8-7-12-5-3-4-6-13(12)14/h3-6,9-10,14,16,19H,2,7-8,11,17H2,1H3. The van der Waals surface area contributed by atoms with E-state index in [1.165, 1.54) is 16.8 Å². The first kappa shape index (κ1) is 13.3. The molecule has 0 fully saturated rings. The highest BCUT2D eigenvalue weighted by Crippen LogP contribution is 2.41. The zero-order valence-electron chi connectivity index (χ0n) is 11.9. The molecule has 0 radical (unpaired) electrons. The predicted molar refractivity (Wildman–Crippen MR) is 80.1 cm³/mol. The first-order valence-electron chi connectivity index (χ1n) is 7.40. The van der Waals surface area contributed by atoms with E-state index >= 15 is 0 Å². The third-order valence-corrected chi connectivity index (χ3v) is 4.26. The van der Waals surface area contributed by atoms with Crippen molar-refractivity contribution in [3.05, 3.63) is 53.3 Å². The van der Waals surface area contributed by atoms with Crippen molar-refractivity contribution in [3.63, 3.8) is 0 Å².